The highest BCUT2D eigenvalue weighted by atomic mass is 32.2. The first kappa shape index (κ1) is 22.6. The Morgan fingerprint density at radius 3 is 2.40 bits per heavy atom. The molecular weight excluding hydrogens is 454 g/mol. The average Bonchev–Trinajstić information content (AvgIpc) is 3.27. The van der Waals surface area contributed by atoms with Gasteiger partial charge in [0.2, 0.25) is 0 Å². The number of fused-ring (bicyclic) bond motifs is 1. The van der Waals surface area contributed by atoms with Gasteiger partial charge in [0.25, 0.3) is 5.91 Å². The number of benzene rings is 2. The second kappa shape index (κ2) is 10.8. The lowest BCUT2D eigenvalue weighted by Gasteiger charge is -2.07. The molecule has 6 nitrogen and oxygen atoms in total. The molecule has 0 spiro atoms. The molecule has 3 aromatic heterocycles. The summed E-state index contributed by atoms with van der Waals surface area (Å²) >= 11 is 1.64. The van der Waals surface area contributed by atoms with Crippen LogP contribution in [0.4, 0.5) is 0 Å². The van der Waals surface area contributed by atoms with Crippen LogP contribution < -0.4 is 5.32 Å². The Hall–Kier alpha value is -4.23. The number of nitrogens with zero attached hydrogens (tertiary/aromatic N) is 4. The summed E-state index contributed by atoms with van der Waals surface area (Å²) in [6, 6.07) is 27.2. The fourth-order valence-corrected chi connectivity index (χ4v) is 4.40. The predicted molar refractivity (Wildman–Crippen MR) is 140 cm³/mol. The molecule has 0 fully saturated rings. The van der Waals surface area contributed by atoms with Crippen molar-refractivity contribution in [1.29, 1.82) is 0 Å². The van der Waals surface area contributed by atoms with Crippen LogP contribution in [0.3, 0.4) is 0 Å². The van der Waals surface area contributed by atoms with E-state index in [-0.39, 0.29) is 5.91 Å². The SMILES string of the molecule is O=C(NCc1c(/C=C/c2ccccc2)nc2ccc(SCc3ccncc3)nn12)c1ccccc1. The Kier molecular flexibility index (Phi) is 6.96. The molecular formula is C28H23N5OS. The second-order valence-electron chi connectivity index (χ2n) is 7.82. The molecule has 172 valence electrons. The van der Waals surface area contributed by atoms with Crippen molar-refractivity contribution >= 4 is 35.5 Å². The number of carbonyl (C=O) groups excluding carboxylic acids is 1. The van der Waals surface area contributed by atoms with E-state index in [1.807, 2.05) is 89.5 Å². The lowest BCUT2D eigenvalue weighted by atomic mass is 10.2. The smallest absolute Gasteiger partial charge is 0.251 e. The number of amides is 1. The number of hydrogen-bond acceptors (Lipinski definition) is 5. The van der Waals surface area contributed by atoms with Gasteiger partial charge in [0, 0.05) is 23.7 Å². The van der Waals surface area contributed by atoms with Crippen LogP contribution >= 0.6 is 11.8 Å². The number of imidazole rings is 1. The van der Waals surface area contributed by atoms with Gasteiger partial charge in [-0.15, -0.1) is 0 Å². The van der Waals surface area contributed by atoms with Crippen LogP contribution in [0.2, 0.25) is 0 Å². The van der Waals surface area contributed by atoms with Gasteiger partial charge in [0.1, 0.15) is 5.03 Å². The van der Waals surface area contributed by atoms with Crippen molar-refractivity contribution in [2.24, 2.45) is 0 Å². The Morgan fingerprint density at radius 2 is 1.63 bits per heavy atom. The fourth-order valence-electron chi connectivity index (χ4n) is 3.59. The lowest BCUT2D eigenvalue weighted by molar-refractivity contribution is 0.0950. The zero-order valence-corrected chi connectivity index (χ0v) is 19.7. The van der Waals surface area contributed by atoms with Gasteiger partial charge in [-0.1, -0.05) is 66.4 Å². The molecule has 7 heteroatoms. The van der Waals surface area contributed by atoms with Crippen molar-refractivity contribution in [3.63, 3.8) is 0 Å². The molecule has 0 aliphatic heterocycles. The van der Waals surface area contributed by atoms with E-state index in [4.69, 9.17) is 10.1 Å². The standard InChI is InChI=1S/C28H23N5OS/c34-28(23-9-5-2-6-10-23)30-19-25-24(12-11-21-7-3-1-4-8-21)31-26-13-14-27(32-33(25)26)35-20-22-15-17-29-18-16-22/h1-18H,19-20H2,(H,30,34)/b12-11+. The largest absolute Gasteiger partial charge is 0.346 e. The molecule has 5 aromatic rings. The van der Waals surface area contributed by atoms with Crippen molar-refractivity contribution in [3.05, 3.63) is 125 Å². The van der Waals surface area contributed by atoms with Gasteiger partial charge in [-0.3, -0.25) is 9.78 Å². The summed E-state index contributed by atoms with van der Waals surface area (Å²) in [7, 11) is 0. The lowest BCUT2D eigenvalue weighted by Crippen LogP contribution is -2.24. The summed E-state index contributed by atoms with van der Waals surface area (Å²) < 4.78 is 1.82. The molecule has 0 saturated carbocycles. The summed E-state index contributed by atoms with van der Waals surface area (Å²) in [5.74, 6) is 0.651. The van der Waals surface area contributed by atoms with Crippen LogP contribution in [0, 0.1) is 0 Å². The molecule has 35 heavy (non-hydrogen) atoms. The minimum absolute atomic E-state index is 0.137. The molecule has 2 aromatic carbocycles. The van der Waals surface area contributed by atoms with E-state index >= 15 is 0 Å². The van der Waals surface area contributed by atoms with Crippen LogP contribution in [0.5, 0.6) is 0 Å². The molecule has 0 saturated heterocycles. The molecule has 0 bridgehead atoms. The van der Waals surface area contributed by atoms with Gasteiger partial charge >= 0.3 is 0 Å². The number of aromatic nitrogens is 4. The highest BCUT2D eigenvalue weighted by Gasteiger charge is 2.14. The quantitative estimate of drug-likeness (QED) is 0.298. The van der Waals surface area contributed by atoms with Crippen molar-refractivity contribution in [3.8, 4) is 0 Å². The monoisotopic (exact) mass is 477 g/mol. The number of hydrogen-bond donors (Lipinski definition) is 1. The Bertz CT molecular complexity index is 1450. The van der Waals surface area contributed by atoms with Crippen LogP contribution in [0.15, 0.2) is 102 Å². The Balaban J connectivity index is 1.44. The van der Waals surface area contributed by atoms with E-state index in [2.05, 4.69) is 10.3 Å². The molecule has 3 heterocycles. The third-order valence-electron chi connectivity index (χ3n) is 5.40. The Morgan fingerprint density at radius 1 is 0.886 bits per heavy atom. The minimum Gasteiger partial charge on any atom is -0.346 e. The first-order chi connectivity index (χ1) is 17.3. The highest BCUT2D eigenvalue weighted by molar-refractivity contribution is 7.98. The van der Waals surface area contributed by atoms with Crippen LogP contribution in [-0.4, -0.2) is 25.5 Å². The highest BCUT2D eigenvalue weighted by Crippen LogP contribution is 2.23. The molecule has 0 unspecified atom stereocenters. The van der Waals surface area contributed by atoms with E-state index in [1.54, 1.807) is 36.3 Å². The number of pyridine rings is 1. The third-order valence-corrected chi connectivity index (χ3v) is 6.39. The summed E-state index contributed by atoms with van der Waals surface area (Å²) in [6.07, 6.45) is 7.57. The van der Waals surface area contributed by atoms with Gasteiger partial charge < -0.3 is 5.32 Å². The van der Waals surface area contributed by atoms with E-state index in [0.29, 0.717) is 12.1 Å². The molecule has 1 N–H and O–H groups in total. The zero-order valence-electron chi connectivity index (χ0n) is 18.9. The fraction of sp³-hybridized carbons (Fsp3) is 0.0714. The molecule has 0 aliphatic rings. The molecule has 0 aliphatic carbocycles. The number of thioether (sulfide) groups is 1. The van der Waals surface area contributed by atoms with Crippen LogP contribution in [0.25, 0.3) is 17.8 Å². The maximum Gasteiger partial charge on any atom is 0.251 e. The van der Waals surface area contributed by atoms with Gasteiger partial charge in [0.05, 0.1) is 17.9 Å². The molecule has 5 rings (SSSR count). The number of carbonyl (C=O) groups is 1. The third kappa shape index (κ3) is 5.65. The van der Waals surface area contributed by atoms with Crippen molar-refractivity contribution in [2.75, 3.05) is 0 Å². The topological polar surface area (TPSA) is 72.2 Å². The van der Waals surface area contributed by atoms with Crippen molar-refractivity contribution in [1.82, 2.24) is 24.9 Å². The first-order valence-electron chi connectivity index (χ1n) is 11.2. The Labute approximate surface area is 207 Å². The zero-order chi connectivity index (χ0) is 23.9. The van der Waals surface area contributed by atoms with Gasteiger partial charge in [-0.05, 0) is 53.6 Å². The summed E-state index contributed by atoms with van der Waals surface area (Å²) in [4.78, 5) is 21.6. The summed E-state index contributed by atoms with van der Waals surface area (Å²) in [5, 5.41) is 8.73. The average molecular weight is 478 g/mol. The van der Waals surface area contributed by atoms with E-state index in [1.165, 1.54) is 5.56 Å². The summed E-state index contributed by atoms with van der Waals surface area (Å²) in [5.41, 5.74) is 5.19. The van der Waals surface area contributed by atoms with Gasteiger partial charge in [-0.2, -0.15) is 5.10 Å². The van der Waals surface area contributed by atoms with Gasteiger partial charge in [0.15, 0.2) is 5.65 Å². The van der Waals surface area contributed by atoms with Crippen molar-refractivity contribution in [2.45, 2.75) is 17.3 Å². The molecule has 0 radical (unpaired) electrons. The van der Waals surface area contributed by atoms with E-state index in [0.717, 1.165) is 33.4 Å². The van der Waals surface area contributed by atoms with Crippen LogP contribution in [0.1, 0.15) is 32.9 Å². The van der Waals surface area contributed by atoms with E-state index < -0.39 is 0 Å². The van der Waals surface area contributed by atoms with Gasteiger partial charge in [-0.25, -0.2) is 9.50 Å². The molecule has 0 atom stereocenters. The normalized spacial score (nSPS) is 11.2. The maximum atomic E-state index is 12.7. The number of nitrogens with one attached hydrogen (secondary N) is 1. The van der Waals surface area contributed by atoms with Crippen molar-refractivity contribution < 1.29 is 4.79 Å². The summed E-state index contributed by atoms with van der Waals surface area (Å²) in [6.45, 7) is 0.300. The van der Waals surface area contributed by atoms with Crippen LogP contribution in [-0.2, 0) is 12.3 Å². The first-order valence-corrected chi connectivity index (χ1v) is 12.2. The predicted octanol–water partition coefficient (Wildman–Crippen LogP) is 5.52. The van der Waals surface area contributed by atoms with E-state index in [9.17, 15) is 4.79 Å². The number of rotatable bonds is 8. The second-order valence-corrected chi connectivity index (χ2v) is 8.82. The minimum atomic E-state index is -0.137. The molecule has 1 amide bonds. The maximum absolute atomic E-state index is 12.7.